The first-order valence-electron chi connectivity index (χ1n) is 3.79. The fourth-order valence-electron chi connectivity index (χ4n) is 1.43. The zero-order valence-corrected chi connectivity index (χ0v) is 7.10. The molecule has 0 aromatic carbocycles. The van der Waals surface area contributed by atoms with E-state index in [-0.39, 0.29) is 5.54 Å². The molecule has 1 aliphatic rings. The van der Waals surface area contributed by atoms with Gasteiger partial charge in [-0.15, -0.1) is 11.3 Å². The fourth-order valence-corrected chi connectivity index (χ4v) is 2.30. The van der Waals surface area contributed by atoms with Gasteiger partial charge in [-0.05, 0) is 24.3 Å². The molecule has 58 valence electrons. The Hall–Kier alpha value is -0.600. The second-order valence-corrected chi connectivity index (χ2v) is 3.96. The zero-order chi connectivity index (χ0) is 7.73. The quantitative estimate of drug-likeness (QED) is 0.635. The lowest BCUT2D eigenvalue weighted by molar-refractivity contribution is 0.491. The smallest absolute Gasteiger partial charge is 0.0573 e. The molecule has 0 radical (unpaired) electrons. The van der Waals surface area contributed by atoms with Crippen molar-refractivity contribution in [1.82, 2.24) is 0 Å². The van der Waals surface area contributed by atoms with Gasteiger partial charge in [0.1, 0.15) is 0 Å². The van der Waals surface area contributed by atoms with Crippen molar-refractivity contribution < 1.29 is 0 Å². The molecule has 0 saturated carbocycles. The molecule has 0 fully saturated rings. The first kappa shape index (κ1) is 7.07. The van der Waals surface area contributed by atoms with Gasteiger partial charge in [-0.25, -0.2) is 0 Å². The van der Waals surface area contributed by atoms with Gasteiger partial charge in [-0.3, -0.25) is 0 Å². The van der Waals surface area contributed by atoms with E-state index in [2.05, 4.69) is 29.7 Å². The van der Waals surface area contributed by atoms with Crippen LogP contribution in [0.1, 0.15) is 17.7 Å². The number of hydrogen-bond donors (Lipinski definition) is 1. The van der Waals surface area contributed by atoms with Crippen molar-refractivity contribution in [3.63, 3.8) is 0 Å². The van der Waals surface area contributed by atoms with E-state index >= 15 is 0 Å². The molecule has 0 unspecified atom stereocenters. The lowest BCUT2D eigenvalue weighted by Gasteiger charge is -2.21. The third-order valence-electron chi connectivity index (χ3n) is 2.14. The second-order valence-electron chi connectivity index (χ2n) is 3.01. The van der Waals surface area contributed by atoms with Gasteiger partial charge in [-0.2, -0.15) is 0 Å². The highest BCUT2D eigenvalue weighted by Crippen LogP contribution is 2.34. The van der Waals surface area contributed by atoms with Crippen molar-refractivity contribution in [3.05, 3.63) is 34.5 Å². The van der Waals surface area contributed by atoms with Crippen LogP contribution < -0.4 is 5.73 Å². The number of rotatable bonds is 1. The Morgan fingerprint density at radius 3 is 2.64 bits per heavy atom. The van der Waals surface area contributed by atoms with Crippen molar-refractivity contribution in [2.45, 2.75) is 18.4 Å². The summed E-state index contributed by atoms with van der Waals surface area (Å²) in [4.78, 5) is 1.31. The van der Waals surface area contributed by atoms with E-state index in [4.69, 9.17) is 5.73 Å². The summed E-state index contributed by atoms with van der Waals surface area (Å²) in [6.45, 7) is 0. The first-order valence-corrected chi connectivity index (χ1v) is 4.67. The zero-order valence-electron chi connectivity index (χ0n) is 6.29. The normalized spacial score (nSPS) is 20.8. The largest absolute Gasteiger partial charge is 0.320 e. The summed E-state index contributed by atoms with van der Waals surface area (Å²) in [6, 6.07) is 4.19. The average molecular weight is 165 g/mol. The maximum atomic E-state index is 6.17. The Morgan fingerprint density at radius 2 is 2.09 bits per heavy atom. The summed E-state index contributed by atoms with van der Waals surface area (Å²) < 4.78 is 0. The van der Waals surface area contributed by atoms with Gasteiger partial charge in [0, 0.05) is 4.88 Å². The van der Waals surface area contributed by atoms with Crippen LogP contribution in [-0.2, 0) is 5.54 Å². The predicted molar refractivity (Wildman–Crippen MR) is 48.6 cm³/mol. The molecule has 0 spiro atoms. The van der Waals surface area contributed by atoms with E-state index in [1.807, 2.05) is 0 Å². The molecule has 2 heteroatoms. The van der Waals surface area contributed by atoms with Crippen molar-refractivity contribution in [3.8, 4) is 0 Å². The van der Waals surface area contributed by atoms with Crippen molar-refractivity contribution in [1.29, 1.82) is 0 Å². The van der Waals surface area contributed by atoms with E-state index in [0.717, 1.165) is 12.8 Å². The topological polar surface area (TPSA) is 26.0 Å². The molecule has 11 heavy (non-hydrogen) atoms. The van der Waals surface area contributed by atoms with Crippen LogP contribution in [0.2, 0.25) is 0 Å². The van der Waals surface area contributed by atoms with Crippen LogP contribution >= 0.6 is 11.3 Å². The van der Waals surface area contributed by atoms with Crippen LogP contribution in [0.15, 0.2) is 29.7 Å². The fraction of sp³-hybridized carbons (Fsp3) is 0.333. The van der Waals surface area contributed by atoms with E-state index in [9.17, 15) is 0 Å². The van der Waals surface area contributed by atoms with E-state index in [1.54, 1.807) is 11.3 Å². The standard InChI is InChI=1S/C9H11NS/c10-9(5-1-2-6-9)8-4-3-7-11-8/h1-4,7H,5-6,10H2. The summed E-state index contributed by atoms with van der Waals surface area (Å²) in [5.41, 5.74) is 6.10. The molecule has 1 nitrogen and oxygen atoms in total. The maximum absolute atomic E-state index is 6.17. The van der Waals surface area contributed by atoms with E-state index in [0.29, 0.717) is 0 Å². The first-order chi connectivity index (χ1) is 5.31. The highest BCUT2D eigenvalue weighted by atomic mass is 32.1. The minimum atomic E-state index is -0.0752. The molecule has 1 aromatic heterocycles. The van der Waals surface area contributed by atoms with Crippen molar-refractivity contribution in [2.75, 3.05) is 0 Å². The van der Waals surface area contributed by atoms with E-state index < -0.39 is 0 Å². The highest BCUT2D eigenvalue weighted by Gasteiger charge is 2.28. The van der Waals surface area contributed by atoms with Gasteiger partial charge in [0.15, 0.2) is 0 Å². The van der Waals surface area contributed by atoms with Gasteiger partial charge < -0.3 is 5.73 Å². The Bertz CT molecular complexity index is 253. The number of nitrogens with two attached hydrogens (primary N) is 1. The number of hydrogen-bond acceptors (Lipinski definition) is 2. The molecule has 0 amide bonds. The molecule has 0 saturated heterocycles. The Labute approximate surface area is 70.5 Å². The highest BCUT2D eigenvalue weighted by molar-refractivity contribution is 7.10. The van der Waals surface area contributed by atoms with Crippen molar-refractivity contribution >= 4 is 11.3 Å². The summed E-state index contributed by atoms with van der Waals surface area (Å²) in [5, 5.41) is 2.09. The lowest BCUT2D eigenvalue weighted by Crippen LogP contribution is -2.32. The van der Waals surface area contributed by atoms with Gasteiger partial charge in [0.25, 0.3) is 0 Å². The van der Waals surface area contributed by atoms with Crippen LogP contribution in [0.25, 0.3) is 0 Å². The molecule has 0 aliphatic heterocycles. The van der Waals surface area contributed by atoms with Crippen LogP contribution in [0, 0.1) is 0 Å². The van der Waals surface area contributed by atoms with Gasteiger partial charge >= 0.3 is 0 Å². The molecule has 1 aromatic rings. The third kappa shape index (κ3) is 1.12. The van der Waals surface area contributed by atoms with Gasteiger partial charge in [-0.1, -0.05) is 18.2 Å². The molecule has 2 rings (SSSR count). The predicted octanol–water partition coefficient (Wildman–Crippen LogP) is 2.25. The molecule has 1 heterocycles. The van der Waals surface area contributed by atoms with Crippen LogP contribution in [0.4, 0.5) is 0 Å². The minimum absolute atomic E-state index is 0.0752. The Morgan fingerprint density at radius 1 is 1.36 bits per heavy atom. The molecule has 0 atom stereocenters. The van der Waals surface area contributed by atoms with Gasteiger partial charge in [0.2, 0.25) is 0 Å². The second kappa shape index (κ2) is 2.47. The molecular weight excluding hydrogens is 154 g/mol. The van der Waals surface area contributed by atoms with Crippen molar-refractivity contribution in [2.24, 2.45) is 5.73 Å². The summed E-state index contributed by atoms with van der Waals surface area (Å²) in [7, 11) is 0. The Balaban J connectivity index is 2.29. The maximum Gasteiger partial charge on any atom is 0.0573 e. The monoisotopic (exact) mass is 165 g/mol. The molecule has 0 bridgehead atoms. The number of thiophene rings is 1. The minimum Gasteiger partial charge on any atom is -0.320 e. The van der Waals surface area contributed by atoms with Crippen LogP contribution in [0.5, 0.6) is 0 Å². The van der Waals surface area contributed by atoms with Crippen LogP contribution in [0.3, 0.4) is 0 Å². The lowest BCUT2D eigenvalue weighted by atomic mass is 9.96. The Kier molecular flexibility index (Phi) is 1.59. The molecule has 2 N–H and O–H groups in total. The van der Waals surface area contributed by atoms with Gasteiger partial charge in [0.05, 0.1) is 5.54 Å². The third-order valence-corrected chi connectivity index (χ3v) is 3.23. The molecule has 1 aliphatic carbocycles. The summed E-state index contributed by atoms with van der Waals surface area (Å²) in [5.74, 6) is 0. The summed E-state index contributed by atoms with van der Waals surface area (Å²) >= 11 is 1.75. The van der Waals surface area contributed by atoms with E-state index in [1.165, 1.54) is 4.88 Å². The SMILES string of the molecule is NC1(c2cccs2)CC=CC1. The molecular formula is C9H11NS. The average Bonchev–Trinajstić information content (AvgIpc) is 2.55. The van der Waals surface area contributed by atoms with Crippen LogP contribution in [-0.4, -0.2) is 0 Å². The summed E-state index contributed by atoms with van der Waals surface area (Å²) in [6.07, 6.45) is 6.32.